The highest BCUT2D eigenvalue weighted by atomic mass is 15.2. The van der Waals surface area contributed by atoms with Gasteiger partial charge in [-0.05, 0) is 11.6 Å². The lowest BCUT2D eigenvalue weighted by atomic mass is 10.1. The third-order valence-corrected chi connectivity index (χ3v) is 3.57. The summed E-state index contributed by atoms with van der Waals surface area (Å²) in [6, 6.07) is 8.40. The summed E-state index contributed by atoms with van der Waals surface area (Å²) in [5, 5.41) is 3.43. The van der Waals surface area contributed by atoms with Gasteiger partial charge in [0.05, 0.1) is 6.33 Å². The number of aromatic amines is 1. The lowest BCUT2D eigenvalue weighted by Crippen LogP contribution is -2.25. The molecule has 4 rings (SSSR count). The molecule has 1 aromatic carbocycles. The Morgan fingerprint density at radius 3 is 3.05 bits per heavy atom. The Morgan fingerprint density at radius 1 is 1.10 bits per heavy atom. The molecule has 0 saturated heterocycles. The molecule has 100 valence electrons. The minimum Gasteiger partial charge on any atom is -0.340 e. The van der Waals surface area contributed by atoms with E-state index in [2.05, 4.69) is 54.4 Å². The molecule has 0 amide bonds. The number of para-hydroxylation sites is 1. The first kappa shape index (κ1) is 11.4. The van der Waals surface area contributed by atoms with Crippen molar-refractivity contribution in [3.63, 3.8) is 0 Å². The fraction of sp³-hybridized carbons (Fsp3) is 0.214. The predicted molar refractivity (Wildman–Crippen MR) is 76.8 cm³/mol. The van der Waals surface area contributed by atoms with Gasteiger partial charge >= 0.3 is 0 Å². The van der Waals surface area contributed by atoms with Crippen molar-refractivity contribution in [1.82, 2.24) is 25.3 Å². The molecule has 2 aromatic heterocycles. The van der Waals surface area contributed by atoms with Gasteiger partial charge in [0, 0.05) is 25.3 Å². The fourth-order valence-corrected chi connectivity index (χ4v) is 2.63. The van der Waals surface area contributed by atoms with Crippen LogP contribution in [0.1, 0.15) is 5.56 Å². The van der Waals surface area contributed by atoms with Crippen LogP contribution in [0.5, 0.6) is 0 Å². The Labute approximate surface area is 115 Å². The molecule has 2 N–H and O–H groups in total. The van der Waals surface area contributed by atoms with Crippen LogP contribution in [0.4, 0.5) is 11.5 Å². The Morgan fingerprint density at radius 2 is 2.05 bits per heavy atom. The number of nitrogens with zero attached hydrogens (tertiary/aromatic N) is 4. The van der Waals surface area contributed by atoms with E-state index in [0.29, 0.717) is 5.65 Å². The molecule has 0 saturated carbocycles. The first-order valence-corrected chi connectivity index (χ1v) is 6.64. The number of benzene rings is 1. The fourth-order valence-electron chi connectivity index (χ4n) is 2.63. The van der Waals surface area contributed by atoms with E-state index in [0.717, 1.165) is 31.0 Å². The van der Waals surface area contributed by atoms with E-state index in [4.69, 9.17) is 0 Å². The van der Waals surface area contributed by atoms with Gasteiger partial charge in [0.1, 0.15) is 11.8 Å². The van der Waals surface area contributed by atoms with Crippen molar-refractivity contribution in [3.8, 4) is 0 Å². The van der Waals surface area contributed by atoms with Gasteiger partial charge in [0.15, 0.2) is 11.5 Å². The highest BCUT2D eigenvalue weighted by molar-refractivity contribution is 5.86. The maximum Gasteiger partial charge on any atom is 0.182 e. The summed E-state index contributed by atoms with van der Waals surface area (Å²) in [7, 11) is 0. The highest BCUT2D eigenvalue weighted by Crippen LogP contribution is 2.31. The number of rotatable bonds is 1. The zero-order valence-corrected chi connectivity index (χ0v) is 10.9. The molecule has 0 bridgehead atoms. The minimum absolute atomic E-state index is 0.699. The van der Waals surface area contributed by atoms with Gasteiger partial charge in [0.25, 0.3) is 0 Å². The smallest absolute Gasteiger partial charge is 0.182 e. The Kier molecular flexibility index (Phi) is 2.60. The van der Waals surface area contributed by atoms with E-state index in [9.17, 15) is 0 Å². The molecule has 0 radical (unpaired) electrons. The Hall–Kier alpha value is -2.47. The van der Waals surface area contributed by atoms with E-state index in [-0.39, 0.29) is 0 Å². The van der Waals surface area contributed by atoms with Gasteiger partial charge in [0.2, 0.25) is 0 Å². The molecule has 0 fully saturated rings. The summed E-state index contributed by atoms with van der Waals surface area (Å²) in [5.41, 5.74) is 4.04. The molecule has 0 spiro atoms. The van der Waals surface area contributed by atoms with Crippen molar-refractivity contribution in [2.75, 3.05) is 18.0 Å². The van der Waals surface area contributed by atoms with Crippen molar-refractivity contribution < 1.29 is 0 Å². The Bertz CT molecular complexity index is 750. The SMILES string of the molecule is c1ccc2c(c1)CNCCN2c1ncnc2nc[nH]c12. The molecule has 0 aliphatic carbocycles. The van der Waals surface area contributed by atoms with Gasteiger partial charge in [-0.3, -0.25) is 0 Å². The second kappa shape index (κ2) is 4.57. The molecule has 1 aliphatic heterocycles. The zero-order chi connectivity index (χ0) is 13.4. The highest BCUT2D eigenvalue weighted by Gasteiger charge is 2.20. The van der Waals surface area contributed by atoms with Crippen LogP contribution in [0.2, 0.25) is 0 Å². The maximum atomic E-state index is 4.46. The minimum atomic E-state index is 0.699. The van der Waals surface area contributed by atoms with Crippen molar-refractivity contribution in [1.29, 1.82) is 0 Å². The number of aromatic nitrogens is 4. The van der Waals surface area contributed by atoms with Crippen LogP contribution in [0.3, 0.4) is 0 Å². The first-order valence-electron chi connectivity index (χ1n) is 6.64. The maximum absolute atomic E-state index is 4.46. The topological polar surface area (TPSA) is 69.7 Å². The molecule has 6 heteroatoms. The van der Waals surface area contributed by atoms with Gasteiger partial charge in [-0.25, -0.2) is 15.0 Å². The van der Waals surface area contributed by atoms with Gasteiger partial charge in [-0.15, -0.1) is 0 Å². The zero-order valence-electron chi connectivity index (χ0n) is 10.9. The van der Waals surface area contributed by atoms with Crippen LogP contribution in [-0.2, 0) is 6.54 Å². The van der Waals surface area contributed by atoms with Gasteiger partial charge in [-0.1, -0.05) is 18.2 Å². The van der Waals surface area contributed by atoms with Crippen LogP contribution in [0.15, 0.2) is 36.9 Å². The molecular weight excluding hydrogens is 252 g/mol. The second-order valence-electron chi connectivity index (χ2n) is 4.76. The van der Waals surface area contributed by atoms with Crippen molar-refractivity contribution >= 4 is 22.7 Å². The molecule has 1 aliphatic rings. The number of imidazole rings is 1. The van der Waals surface area contributed by atoms with E-state index in [1.807, 2.05) is 0 Å². The largest absolute Gasteiger partial charge is 0.340 e. The summed E-state index contributed by atoms with van der Waals surface area (Å²) in [6.45, 7) is 2.65. The number of nitrogens with one attached hydrogen (secondary N) is 2. The third kappa shape index (κ3) is 1.73. The third-order valence-electron chi connectivity index (χ3n) is 3.57. The normalized spacial score (nSPS) is 15.1. The summed E-state index contributed by atoms with van der Waals surface area (Å²) in [6.07, 6.45) is 3.23. The average molecular weight is 266 g/mol. The van der Waals surface area contributed by atoms with Crippen LogP contribution in [-0.4, -0.2) is 33.0 Å². The van der Waals surface area contributed by atoms with Gasteiger partial charge < -0.3 is 15.2 Å². The lowest BCUT2D eigenvalue weighted by Gasteiger charge is -2.23. The van der Waals surface area contributed by atoms with E-state index < -0.39 is 0 Å². The second-order valence-corrected chi connectivity index (χ2v) is 4.76. The quantitative estimate of drug-likeness (QED) is 0.700. The molecule has 0 unspecified atom stereocenters. The van der Waals surface area contributed by atoms with Crippen LogP contribution >= 0.6 is 0 Å². The average Bonchev–Trinajstić information content (AvgIpc) is 2.87. The molecule has 20 heavy (non-hydrogen) atoms. The Balaban J connectivity index is 1.91. The van der Waals surface area contributed by atoms with Crippen LogP contribution in [0, 0.1) is 0 Å². The van der Waals surface area contributed by atoms with Crippen molar-refractivity contribution in [2.24, 2.45) is 0 Å². The van der Waals surface area contributed by atoms with Crippen molar-refractivity contribution in [3.05, 3.63) is 42.5 Å². The standard InChI is InChI=1S/C14H14N6/c1-2-4-11-10(3-1)7-15-5-6-20(11)14-12-13(17-8-16-12)18-9-19-14/h1-4,8-9,15H,5-7H2,(H,16,17,18,19). The number of H-pyrrole nitrogens is 1. The number of anilines is 2. The number of fused-ring (bicyclic) bond motifs is 2. The number of hydrogen-bond donors (Lipinski definition) is 2. The van der Waals surface area contributed by atoms with E-state index in [1.165, 1.54) is 11.3 Å². The van der Waals surface area contributed by atoms with Crippen LogP contribution in [0.25, 0.3) is 11.2 Å². The summed E-state index contributed by atoms with van der Waals surface area (Å²) < 4.78 is 0. The monoisotopic (exact) mass is 266 g/mol. The van der Waals surface area contributed by atoms with Gasteiger partial charge in [-0.2, -0.15) is 0 Å². The van der Waals surface area contributed by atoms with E-state index >= 15 is 0 Å². The molecule has 0 atom stereocenters. The molecule has 3 heterocycles. The molecule has 6 nitrogen and oxygen atoms in total. The first-order chi connectivity index (χ1) is 9.93. The number of hydrogen-bond acceptors (Lipinski definition) is 5. The van der Waals surface area contributed by atoms with Crippen molar-refractivity contribution in [2.45, 2.75) is 6.54 Å². The van der Waals surface area contributed by atoms with Crippen LogP contribution < -0.4 is 10.2 Å². The molecular formula is C14H14N6. The molecule has 3 aromatic rings. The lowest BCUT2D eigenvalue weighted by molar-refractivity contribution is 0.711. The predicted octanol–water partition coefficient (Wildman–Crippen LogP) is 1.59. The summed E-state index contributed by atoms with van der Waals surface area (Å²) in [5.74, 6) is 0.878. The summed E-state index contributed by atoms with van der Waals surface area (Å²) >= 11 is 0. The summed E-state index contributed by atoms with van der Waals surface area (Å²) in [4.78, 5) is 18.2. The van der Waals surface area contributed by atoms with E-state index in [1.54, 1.807) is 12.7 Å².